The zero-order chi connectivity index (χ0) is 14.7. The second-order valence-electron chi connectivity index (χ2n) is 5.30. The van der Waals surface area contributed by atoms with Gasteiger partial charge in [0.2, 0.25) is 0 Å². The van der Waals surface area contributed by atoms with E-state index in [0.29, 0.717) is 17.8 Å². The number of hydrogen-bond donors (Lipinski definition) is 3. The summed E-state index contributed by atoms with van der Waals surface area (Å²) >= 11 is 0. The molecular weight excluding hydrogens is 269 g/mol. The summed E-state index contributed by atoms with van der Waals surface area (Å²) in [5, 5.41) is 19.4. The van der Waals surface area contributed by atoms with E-state index in [2.05, 4.69) is 21.6 Å². The highest BCUT2D eigenvalue weighted by Gasteiger charge is 2.18. The van der Waals surface area contributed by atoms with Gasteiger partial charge in [-0.1, -0.05) is 24.3 Å². The molecular formula is C16H18FN3O. The van der Waals surface area contributed by atoms with Crippen molar-refractivity contribution in [1.82, 2.24) is 15.5 Å². The Morgan fingerprint density at radius 1 is 1.33 bits per heavy atom. The second-order valence-corrected chi connectivity index (χ2v) is 5.30. The van der Waals surface area contributed by atoms with E-state index < -0.39 is 0 Å². The Morgan fingerprint density at radius 2 is 2.19 bits per heavy atom. The van der Waals surface area contributed by atoms with Gasteiger partial charge in [-0.3, -0.25) is 5.10 Å². The first-order valence-corrected chi connectivity index (χ1v) is 7.07. The van der Waals surface area contributed by atoms with E-state index in [1.807, 2.05) is 12.1 Å². The maximum atomic E-state index is 13.9. The van der Waals surface area contributed by atoms with E-state index in [-0.39, 0.29) is 24.4 Å². The minimum atomic E-state index is -0.260. The Bertz CT molecular complexity index is 638. The number of nitrogens with one attached hydrogen (secondary N) is 2. The monoisotopic (exact) mass is 287 g/mol. The van der Waals surface area contributed by atoms with E-state index in [9.17, 15) is 4.39 Å². The molecule has 1 aromatic carbocycles. The fraction of sp³-hybridized carbons (Fsp3) is 0.312. The van der Waals surface area contributed by atoms with Crippen molar-refractivity contribution in [1.29, 1.82) is 0 Å². The standard InChI is InChI=1S/C16H18FN3O/c17-15-4-2-1-3-14(15)16-12(9-19-20-16)8-18-13-6-5-11(7-13)10-21/h1-6,9,11,13,18,21H,7-8,10H2,(H,19,20)/t11-,13+/m0/s1. The molecule has 1 aliphatic carbocycles. The number of rotatable bonds is 5. The van der Waals surface area contributed by atoms with Gasteiger partial charge in [0.05, 0.1) is 11.9 Å². The molecule has 0 fully saturated rings. The van der Waals surface area contributed by atoms with E-state index in [1.165, 1.54) is 6.07 Å². The quantitative estimate of drug-likeness (QED) is 0.739. The van der Waals surface area contributed by atoms with E-state index in [0.717, 1.165) is 12.0 Å². The molecule has 3 N–H and O–H groups in total. The first-order chi connectivity index (χ1) is 10.3. The first kappa shape index (κ1) is 14.0. The molecule has 0 radical (unpaired) electrons. The first-order valence-electron chi connectivity index (χ1n) is 7.07. The Hall–Kier alpha value is -1.98. The van der Waals surface area contributed by atoms with Crippen molar-refractivity contribution in [3.8, 4) is 11.3 Å². The third kappa shape index (κ3) is 3.04. The fourth-order valence-electron chi connectivity index (χ4n) is 2.64. The predicted octanol–water partition coefficient (Wildman–Crippen LogP) is 2.24. The lowest BCUT2D eigenvalue weighted by molar-refractivity contribution is 0.246. The van der Waals surface area contributed by atoms with Crippen LogP contribution in [-0.4, -0.2) is 28.0 Å². The minimum absolute atomic E-state index is 0.181. The van der Waals surface area contributed by atoms with Crippen LogP contribution in [0.15, 0.2) is 42.6 Å². The SMILES string of the molecule is OC[C@H]1C=C[C@@H](NCc2cn[nH]c2-c2ccccc2F)C1. The number of benzene rings is 1. The molecule has 0 unspecified atom stereocenters. The van der Waals surface area contributed by atoms with Gasteiger partial charge in [0.25, 0.3) is 0 Å². The maximum absolute atomic E-state index is 13.9. The third-order valence-electron chi connectivity index (χ3n) is 3.82. The molecule has 0 saturated carbocycles. The van der Waals surface area contributed by atoms with Crippen LogP contribution in [0.4, 0.5) is 4.39 Å². The normalized spacial score (nSPS) is 21.0. The average molecular weight is 287 g/mol. The van der Waals surface area contributed by atoms with Gasteiger partial charge in [-0.05, 0) is 18.6 Å². The highest BCUT2D eigenvalue weighted by molar-refractivity contribution is 5.63. The van der Waals surface area contributed by atoms with Gasteiger partial charge in [0.15, 0.2) is 0 Å². The molecule has 1 aliphatic rings. The van der Waals surface area contributed by atoms with Gasteiger partial charge in [0, 0.05) is 36.2 Å². The molecule has 0 aliphatic heterocycles. The van der Waals surface area contributed by atoms with Crippen LogP contribution in [0, 0.1) is 11.7 Å². The van der Waals surface area contributed by atoms with Crippen molar-refractivity contribution >= 4 is 0 Å². The van der Waals surface area contributed by atoms with Gasteiger partial charge in [-0.2, -0.15) is 5.10 Å². The molecule has 0 saturated heterocycles. The van der Waals surface area contributed by atoms with Gasteiger partial charge in [0.1, 0.15) is 5.82 Å². The number of aromatic nitrogens is 2. The highest BCUT2D eigenvalue weighted by atomic mass is 19.1. The highest BCUT2D eigenvalue weighted by Crippen LogP contribution is 2.24. The number of aliphatic hydroxyl groups excluding tert-OH is 1. The van der Waals surface area contributed by atoms with Crippen molar-refractivity contribution in [2.75, 3.05) is 6.61 Å². The van der Waals surface area contributed by atoms with Crippen LogP contribution in [0.1, 0.15) is 12.0 Å². The molecule has 5 heteroatoms. The topological polar surface area (TPSA) is 60.9 Å². The molecule has 3 rings (SSSR count). The lowest BCUT2D eigenvalue weighted by Crippen LogP contribution is -2.26. The van der Waals surface area contributed by atoms with Crippen LogP contribution in [0.25, 0.3) is 11.3 Å². The van der Waals surface area contributed by atoms with Gasteiger partial charge in [-0.25, -0.2) is 4.39 Å². The smallest absolute Gasteiger partial charge is 0.132 e. The van der Waals surface area contributed by atoms with Crippen molar-refractivity contribution in [2.45, 2.75) is 19.0 Å². The second kappa shape index (κ2) is 6.20. The average Bonchev–Trinajstić information content (AvgIpc) is 3.14. The van der Waals surface area contributed by atoms with Crippen LogP contribution in [0.3, 0.4) is 0 Å². The number of aromatic amines is 1. The molecule has 1 aromatic heterocycles. The Kier molecular flexibility index (Phi) is 4.13. The van der Waals surface area contributed by atoms with Crippen molar-refractivity contribution in [2.24, 2.45) is 5.92 Å². The summed E-state index contributed by atoms with van der Waals surface area (Å²) in [5.41, 5.74) is 2.17. The van der Waals surface area contributed by atoms with Crippen molar-refractivity contribution < 1.29 is 9.50 Å². The minimum Gasteiger partial charge on any atom is -0.396 e. The molecule has 2 aromatic rings. The predicted molar refractivity (Wildman–Crippen MR) is 78.9 cm³/mol. The van der Waals surface area contributed by atoms with Crippen LogP contribution in [0.2, 0.25) is 0 Å². The summed E-state index contributed by atoms with van der Waals surface area (Å²) < 4.78 is 13.9. The molecule has 4 nitrogen and oxygen atoms in total. The molecule has 0 bridgehead atoms. The Balaban J connectivity index is 1.70. The summed E-state index contributed by atoms with van der Waals surface area (Å²) in [5.74, 6) is -0.0259. The molecule has 0 amide bonds. The van der Waals surface area contributed by atoms with Gasteiger partial charge < -0.3 is 10.4 Å². The van der Waals surface area contributed by atoms with Crippen LogP contribution < -0.4 is 5.32 Å². The summed E-state index contributed by atoms with van der Waals surface area (Å²) in [7, 11) is 0. The number of H-pyrrole nitrogens is 1. The van der Waals surface area contributed by atoms with Crippen LogP contribution in [0.5, 0.6) is 0 Å². The maximum Gasteiger partial charge on any atom is 0.132 e. The van der Waals surface area contributed by atoms with Crippen molar-refractivity contribution in [3.63, 3.8) is 0 Å². The van der Waals surface area contributed by atoms with Gasteiger partial charge in [-0.15, -0.1) is 0 Å². The number of hydrogen-bond acceptors (Lipinski definition) is 3. The summed E-state index contributed by atoms with van der Waals surface area (Å²) in [6.45, 7) is 0.786. The zero-order valence-electron chi connectivity index (χ0n) is 11.6. The third-order valence-corrected chi connectivity index (χ3v) is 3.82. The molecule has 2 atom stereocenters. The summed E-state index contributed by atoms with van der Waals surface area (Å²) in [6.07, 6.45) is 6.72. The van der Waals surface area contributed by atoms with E-state index >= 15 is 0 Å². The van der Waals surface area contributed by atoms with Gasteiger partial charge >= 0.3 is 0 Å². The van der Waals surface area contributed by atoms with E-state index in [1.54, 1.807) is 18.3 Å². The molecule has 1 heterocycles. The zero-order valence-corrected chi connectivity index (χ0v) is 11.6. The largest absolute Gasteiger partial charge is 0.396 e. The van der Waals surface area contributed by atoms with Crippen molar-refractivity contribution in [3.05, 3.63) is 54.0 Å². The summed E-state index contributed by atoms with van der Waals surface area (Å²) in [4.78, 5) is 0. The van der Waals surface area contributed by atoms with E-state index in [4.69, 9.17) is 5.11 Å². The van der Waals surface area contributed by atoms with Crippen LogP contribution >= 0.6 is 0 Å². The molecule has 110 valence electrons. The molecule has 21 heavy (non-hydrogen) atoms. The fourth-order valence-corrected chi connectivity index (χ4v) is 2.64. The number of nitrogens with zero attached hydrogens (tertiary/aromatic N) is 1. The van der Waals surface area contributed by atoms with Crippen LogP contribution in [-0.2, 0) is 6.54 Å². The number of halogens is 1. The Labute approximate surface area is 122 Å². The summed E-state index contributed by atoms with van der Waals surface area (Å²) in [6, 6.07) is 6.90. The lowest BCUT2D eigenvalue weighted by Gasteiger charge is -2.12. The molecule has 0 spiro atoms. The Morgan fingerprint density at radius 3 is 2.95 bits per heavy atom. The lowest BCUT2D eigenvalue weighted by atomic mass is 10.1. The number of aliphatic hydroxyl groups is 1.